The zero-order chi connectivity index (χ0) is 47.1. The summed E-state index contributed by atoms with van der Waals surface area (Å²) in [7, 11) is -8.48. The van der Waals surface area contributed by atoms with Gasteiger partial charge in [-0.15, -0.1) is 0 Å². The number of amides is 2. The van der Waals surface area contributed by atoms with E-state index >= 15 is 0 Å². The monoisotopic (exact) mass is 946 g/mol. The average Bonchev–Trinajstić information content (AvgIpc) is 3.13. The molecule has 4 N–H and O–H groups in total. The van der Waals surface area contributed by atoms with Crippen LogP contribution in [0.3, 0.4) is 0 Å². The van der Waals surface area contributed by atoms with Gasteiger partial charge in [0, 0.05) is 25.9 Å². The Bertz CT molecular complexity index is 2150. The van der Waals surface area contributed by atoms with Gasteiger partial charge in [0.15, 0.2) is 23.8 Å². The molecule has 0 radical (unpaired) electrons. The molecule has 14 nitrogen and oxygen atoms in total. The number of carbonyl (C=O) groups excluding carboxylic acids is 4. The number of hydrogen-bond donors (Lipinski definition) is 4. The Hall–Kier alpha value is -3.16. The van der Waals surface area contributed by atoms with E-state index in [1.807, 2.05) is 140 Å². The van der Waals surface area contributed by atoms with Crippen molar-refractivity contribution < 1.29 is 54.6 Å². The van der Waals surface area contributed by atoms with Gasteiger partial charge in [-0.05, 0) is 74.7 Å². The third-order valence-electron chi connectivity index (χ3n) is 10.0. The standard InChI is InChI=1S/C46H62N2O12S2.2Na.2H/c1-31(17-13-19-33(3)21-23-37-35(5)41(49)39(29-45(37,7)8)59-43(51)47-25-27-61(53,54)55)15-11-12-16-32(2)18-14-20-34(4)22-24-38-36(6)42(50)40(30-46(38,9)10)60-44(52)48-26-28-62(56,57)58;;;;/h11-24,39-40H,25-30H2,1-10H3,(H,47,51)(H,48,52)(H,53,54,55)(H,56,57,58);;;;/b12-11+,17-13+,18-14+,23-21+,24-22+,31-15+,32-16+,33-19+,34-20+;;;;. The van der Waals surface area contributed by atoms with Gasteiger partial charge in [0.2, 0.25) is 0 Å². The van der Waals surface area contributed by atoms with Crippen molar-refractivity contribution in [3.05, 3.63) is 130 Å². The van der Waals surface area contributed by atoms with Crippen molar-refractivity contribution in [2.24, 2.45) is 10.8 Å². The Morgan fingerprint density at radius 3 is 1.20 bits per heavy atom. The molecule has 0 fully saturated rings. The van der Waals surface area contributed by atoms with Gasteiger partial charge in [0.1, 0.15) is 0 Å². The van der Waals surface area contributed by atoms with Gasteiger partial charge in [-0.1, -0.05) is 135 Å². The Morgan fingerprint density at radius 1 is 0.594 bits per heavy atom. The van der Waals surface area contributed by atoms with Gasteiger partial charge >= 0.3 is 71.3 Å². The van der Waals surface area contributed by atoms with Gasteiger partial charge in [-0.25, -0.2) is 9.59 Å². The Labute approximate surface area is 424 Å². The molecule has 2 unspecified atom stereocenters. The fourth-order valence-electron chi connectivity index (χ4n) is 6.66. The van der Waals surface area contributed by atoms with E-state index in [4.69, 9.17) is 18.6 Å². The number of allylic oxidation sites excluding steroid dienone is 20. The van der Waals surface area contributed by atoms with E-state index in [0.29, 0.717) is 11.1 Å². The first-order valence-electron chi connectivity index (χ1n) is 20.0. The molecule has 2 atom stereocenters. The molecule has 0 aromatic carbocycles. The summed E-state index contributed by atoms with van der Waals surface area (Å²) >= 11 is 0. The molecule has 0 bridgehead atoms. The Balaban J connectivity index is 0.0000198. The first kappa shape index (κ1) is 60.8. The topological polar surface area (TPSA) is 220 Å². The summed E-state index contributed by atoms with van der Waals surface area (Å²) in [6, 6.07) is 0. The third kappa shape index (κ3) is 22.4. The van der Waals surface area contributed by atoms with Gasteiger partial charge in [0.05, 0.1) is 11.5 Å². The van der Waals surface area contributed by atoms with Crippen LogP contribution in [0.15, 0.2) is 130 Å². The van der Waals surface area contributed by atoms with Crippen LogP contribution in [-0.2, 0) is 39.3 Å². The molecule has 2 aliphatic rings. The van der Waals surface area contributed by atoms with Crippen LogP contribution in [-0.4, -0.2) is 146 Å². The Morgan fingerprint density at radius 2 is 0.891 bits per heavy atom. The molecule has 18 heteroatoms. The molecule has 0 saturated carbocycles. The van der Waals surface area contributed by atoms with Crippen LogP contribution in [0.5, 0.6) is 0 Å². The molecule has 344 valence electrons. The molecule has 2 rings (SSSR count). The number of nitrogens with one attached hydrogen (secondary N) is 2. The zero-order valence-corrected chi connectivity index (χ0v) is 38.9. The van der Waals surface area contributed by atoms with Crippen LogP contribution >= 0.6 is 0 Å². The summed E-state index contributed by atoms with van der Waals surface area (Å²) in [5, 5.41) is 4.48. The van der Waals surface area contributed by atoms with Crippen LogP contribution in [0.2, 0.25) is 0 Å². The number of carbonyl (C=O) groups is 4. The van der Waals surface area contributed by atoms with Crippen LogP contribution in [0, 0.1) is 10.8 Å². The summed E-state index contributed by atoms with van der Waals surface area (Å²) in [5.41, 5.74) is 5.60. The zero-order valence-electron chi connectivity index (χ0n) is 37.3. The molecule has 0 spiro atoms. The van der Waals surface area contributed by atoms with Crippen molar-refractivity contribution in [1.82, 2.24) is 10.6 Å². The van der Waals surface area contributed by atoms with Crippen LogP contribution in [0.1, 0.15) is 82.1 Å². The predicted molar refractivity (Wildman–Crippen MR) is 257 cm³/mol. The number of hydrogen-bond acceptors (Lipinski definition) is 10. The molecular weight excluding hydrogens is 883 g/mol. The molecule has 0 heterocycles. The molecule has 0 aromatic heterocycles. The SMILES string of the molecule is CC1=C(/C=C/C(C)=C/C=C/C(C)=C/C=C/C=C(C)/C=C/C=C(C)/C=C/C2=C(C)C(=O)C(OC(=O)NCCS(=O)(=O)O)CC2(C)C)C(C)(C)CC(OC(=O)NCCS(=O)(=O)O)C1=O.[NaH].[NaH]. The number of rotatable bonds is 18. The van der Waals surface area contributed by atoms with Crippen molar-refractivity contribution in [1.29, 1.82) is 0 Å². The second-order valence-electron chi connectivity index (χ2n) is 16.6. The maximum atomic E-state index is 13.0. The van der Waals surface area contributed by atoms with Crippen LogP contribution in [0.25, 0.3) is 0 Å². The second kappa shape index (κ2) is 27.5. The summed E-state index contributed by atoms with van der Waals surface area (Å²) < 4.78 is 71.8. The third-order valence-corrected chi connectivity index (χ3v) is 11.5. The Kier molecular flexibility index (Phi) is 26.1. The summed E-state index contributed by atoms with van der Waals surface area (Å²) in [6.07, 6.45) is 23.9. The van der Waals surface area contributed by atoms with Gasteiger partial charge < -0.3 is 20.1 Å². The average molecular weight is 947 g/mol. The van der Waals surface area contributed by atoms with Crippen LogP contribution in [0.4, 0.5) is 9.59 Å². The van der Waals surface area contributed by atoms with Crippen molar-refractivity contribution >= 4 is 103 Å². The number of ether oxygens (including phenoxy) is 2. The number of ketones is 2. The van der Waals surface area contributed by atoms with E-state index in [0.717, 1.165) is 33.4 Å². The fourth-order valence-corrected chi connectivity index (χ4v) is 7.38. The molecule has 64 heavy (non-hydrogen) atoms. The molecule has 0 aliphatic heterocycles. The first-order chi connectivity index (χ1) is 28.6. The number of alkyl carbamates (subject to hydrolysis) is 2. The van der Waals surface area contributed by atoms with Gasteiger partial charge in [-0.3, -0.25) is 18.7 Å². The predicted octanol–water partition coefficient (Wildman–Crippen LogP) is 6.85. The van der Waals surface area contributed by atoms with E-state index < -0.39 is 67.0 Å². The fraction of sp³-hybridized carbons (Fsp3) is 0.435. The van der Waals surface area contributed by atoms with Crippen molar-refractivity contribution in [2.45, 2.75) is 94.3 Å². The molecular formula is C46H64N2Na2O12S2. The molecule has 0 aromatic rings. The van der Waals surface area contributed by atoms with Crippen molar-refractivity contribution in [3.63, 3.8) is 0 Å². The minimum atomic E-state index is -4.24. The van der Waals surface area contributed by atoms with Gasteiger partial charge in [0.25, 0.3) is 20.2 Å². The summed E-state index contributed by atoms with van der Waals surface area (Å²) in [6.45, 7) is 18.4. The van der Waals surface area contributed by atoms with E-state index in [1.54, 1.807) is 13.8 Å². The maximum absolute atomic E-state index is 13.0. The van der Waals surface area contributed by atoms with Gasteiger partial charge in [-0.2, -0.15) is 16.8 Å². The normalized spacial score (nSPS) is 20.4. The summed E-state index contributed by atoms with van der Waals surface area (Å²) in [5.74, 6) is -1.98. The van der Waals surface area contributed by atoms with E-state index in [-0.39, 0.29) is 96.6 Å². The molecule has 2 aliphatic carbocycles. The van der Waals surface area contributed by atoms with Crippen molar-refractivity contribution in [3.8, 4) is 0 Å². The van der Waals surface area contributed by atoms with Crippen molar-refractivity contribution in [2.75, 3.05) is 24.6 Å². The number of Topliss-reactive ketones (excluding diaryl/α,β-unsaturated/α-hetero) is 2. The van der Waals surface area contributed by atoms with Crippen LogP contribution < -0.4 is 10.6 Å². The summed E-state index contributed by atoms with van der Waals surface area (Å²) in [4.78, 5) is 50.4. The molecule has 0 saturated heterocycles. The second-order valence-corrected chi connectivity index (χ2v) is 19.8. The van der Waals surface area contributed by atoms with E-state index in [2.05, 4.69) is 10.6 Å². The molecule has 2 amide bonds. The minimum absolute atomic E-state index is 0. The van der Waals surface area contributed by atoms with E-state index in [1.165, 1.54) is 0 Å². The quantitative estimate of drug-likeness (QED) is 0.0630. The van der Waals surface area contributed by atoms with E-state index in [9.17, 15) is 36.0 Å². The first-order valence-corrected chi connectivity index (χ1v) is 23.2.